The smallest absolute Gasteiger partial charge is 0.264 e. The van der Waals surface area contributed by atoms with Gasteiger partial charge in [-0.1, -0.05) is 38.4 Å². The van der Waals surface area contributed by atoms with Crippen LogP contribution in [-0.2, 0) is 5.41 Å². The SMILES string of the molecule is CC1(C)CC(CCC(Nc2cccc(SNC(=O)c3ccc(Br)nc3Cl)n2)c2cc(C(C)(C)C)ccn2)CN1. The summed E-state index contributed by atoms with van der Waals surface area (Å²) in [5.74, 6) is 1.02. The molecule has 39 heavy (non-hydrogen) atoms. The van der Waals surface area contributed by atoms with Crippen LogP contribution in [0.5, 0.6) is 0 Å². The van der Waals surface area contributed by atoms with Crippen molar-refractivity contribution in [2.45, 2.75) is 75.9 Å². The van der Waals surface area contributed by atoms with Gasteiger partial charge in [0.05, 0.1) is 17.3 Å². The highest BCUT2D eigenvalue weighted by Gasteiger charge is 2.31. The first-order valence-corrected chi connectivity index (χ1v) is 15.1. The number of nitrogens with one attached hydrogen (secondary N) is 3. The molecule has 4 heterocycles. The molecule has 0 spiro atoms. The maximum Gasteiger partial charge on any atom is 0.264 e. The number of amides is 1. The van der Waals surface area contributed by atoms with E-state index in [-0.39, 0.29) is 28.1 Å². The molecule has 1 aliphatic rings. The van der Waals surface area contributed by atoms with E-state index in [1.807, 2.05) is 24.4 Å². The standard InChI is InChI=1S/C29H36BrClN6OS/c1-28(2,3)19-13-14-32-22(15-19)21(11-9-18-16-29(4,5)33-17-18)34-24-7-6-8-25(36-24)39-37-27(38)20-10-12-23(30)35-26(20)31/h6-8,10,12-15,18,21,33H,9,11,16-17H2,1-5H3,(H,34,36)(H,37,38). The van der Waals surface area contributed by atoms with Gasteiger partial charge in [0.25, 0.3) is 5.91 Å². The van der Waals surface area contributed by atoms with Crippen molar-refractivity contribution < 1.29 is 4.79 Å². The van der Waals surface area contributed by atoms with Crippen LogP contribution in [0.1, 0.15) is 81.5 Å². The summed E-state index contributed by atoms with van der Waals surface area (Å²) in [6.45, 7) is 12.2. The zero-order valence-corrected chi connectivity index (χ0v) is 26.2. The summed E-state index contributed by atoms with van der Waals surface area (Å²) in [6.07, 6.45) is 5.09. The normalized spacial score (nSPS) is 17.6. The molecule has 0 aliphatic carbocycles. The van der Waals surface area contributed by atoms with E-state index in [1.54, 1.807) is 12.1 Å². The fourth-order valence-corrected chi connectivity index (χ4v) is 6.01. The van der Waals surface area contributed by atoms with Gasteiger partial charge in [0.15, 0.2) is 0 Å². The molecular formula is C29H36BrClN6OS. The highest BCUT2D eigenvalue weighted by atomic mass is 79.9. The number of rotatable bonds is 9. The monoisotopic (exact) mass is 630 g/mol. The number of halogens is 2. The number of pyridine rings is 3. The van der Waals surface area contributed by atoms with E-state index >= 15 is 0 Å². The van der Waals surface area contributed by atoms with Crippen LogP contribution in [-0.4, -0.2) is 32.9 Å². The van der Waals surface area contributed by atoms with Gasteiger partial charge in [-0.3, -0.25) is 14.5 Å². The van der Waals surface area contributed by atoms with Crippen LogP contribution in [0.4, 0.5) is 5.82 Å². The molecule has 208 valence electrons. The van der Waals surface area contributed by atoms with Gasteiger partial charge < -0.3 is 10.6 Å². The predicted octanol–water partition coefficient (Wildman–Crippen LogP) is 7.34. The molecule has 0 radical (unpaired) electrons. The molecule has 0 bridgehead atoms. The van der Waals surface area contributed by atoms with E-state index in [1.165, 1.54) is 5.56 Å². The summed E-state index contributed by atoms with van der Waals surface area (Å²) in [5.41, 5.74) is 2.78. The Labute approximate surface area is 249 Å². The van der Waals surface area contributed by atoms with Gasteiger partial charge in [0, 0.05) is 23.7 Å². The van der Waals surface area contributed by atoms with Gasteiger partial charge in [-0.05, 0) is 109 Å². The van der Waals surface area contributed by atoms with Crippen molar-refractivity contribution in [2.75, 3.05) is 11.9 Å². The van der Waals surface area contributed by atoms with Crippen LogP contribution < -0.4 is 15.4 Å². The van der Waals surface area contributed by atoms with Crippen molar-refractivity contribution in [1.82, 2.24) is 25.0 Å². The second-order valence-electron chi connectivity index (χ2n) is 11.7. The number of hydrogen-bond acceptors (Lipinski definition) is 7. The van der Waals surface area contributed by atoms with Gasteiger partial charge in [0.2, 0.25) is 0 Å². The zero-order chi connectivity index (χ0) is 28.2. The van der Waals surface area contributed by atoms with E-state index in [4.69, 9.17) is 21.6 Å². The quantitative estimate of drug-likeness (QED) is 0.168. The Hall–Kier alpha value is -2.20. The van der Waals surface area contributed by atoms with Gasteiger partial charge >= 0.3 is 0 Å². The van der Waals surface area contributed by atoms with Crippen LogP contribution >= 0.6 is 39.5 Å². The van der Waals surface area contributed by atoms with E-state index < -0.39 is 0 Å². The molecule has 0 aromatic carbocycles. The topological polar surface area (TPSA) is 91.8 Å². The van der Waals surface area contributed by atoms with Crippen LogP contribution in [0.3, 0.4) is 0 Å². The minimum absolute atomic E-state index is 0.00556. The van der Waals surface area contributed by atoms with Gasteiger partial charge in [-0.2, -0.15) is 0 Å². The Bertz CT molecular complexity index is 1310. The third kappa shape index (κ3) is 8.39. The molecule has 2 unspecified atom stereocenters. The molecule has 0 saturated carbocycles. The highest BCUT2D eigenvalue weighted by molar-refractivity contribution is 9.10. The van der Waals surface area contributed by atoms with Crippen molar-refractivity contribution in [1.29, 1.82) is 0 Å². The molecule has 2 atom stereocenters. The molecule has 1 aliphatic heterocycles. The average Bonchev–Trinajstić information content (AvgIpc) is 3.23. The molecular weight excluding hydrogens is 596 g/mol. The van der Waals surface area contributed by atoms with Crippen molar-refractivity contribution in [3.63, 3.8) is 0 Å². The largest absolute Gasteiger partial charge is 0.362 e. The third-order valence-electron chi connectivity index (χ3n) is 6.89. The number of hydrogen-bond donors (Lipinski definition) is 3. The van der Waals surface area contributed by atoms with E-state index in [2.05, 4.69) is 83.0 Å². The second-order valence-corrected chi connectivity index (χ2v) is 13.7. The maximum absolute atomic E-state index is 12.6. The average molecular weight is 632 g/mol. The first-order valence-electron chi connectivity index (χ1n) is 13.1. The van der Waals surface area contributed by atoms with E-state index in [9.17, 15) is 4.79 Å². The van der Waals surface area contributed by atoms with Gasteiger partial charge in [-0.25, -0.2) is 9.97 Å². The second kappa shape index (κ2) is 12.5. The van der Waals surface area contributed by atoms with Crippen LogP contribution in [0.15, 0.2) is 58.3 Å². The highest BCUT2D eigenvalue weighted by Crippen LogP contribution is 2.32. The molecule has 1 amide bonds. The molecule has 1 fully saturated rings. The molecule has 1 saturated heterocycles. The Morgan fingerprint density at radius 1 is 1.23 bits per heavy atom. The Morgan fingerprint density at radius 3 is 2.72 bits per heavy atom. The fourth-order valence-electron chi connectivity index (χ4n) is 4.76. The molecule has 3 N–H and O–H groups in total. The lowest BCUT2D eigenvalue weighted by Gasteiger charge is -2.24. The van der Waals surface area contributed by atoms with Crippen molar-refractivity contribution in [3.05, 3.63) is 75.2 Å². The molecule has 10 heteroatoms. The van der Waals surface area contributed by atoms with Crippen LogP contribution in [0.25, 0.3) is 0 Å². The summed E-state index contributed by atoms with van der Waals surface area (Å²) >= 11 is 10.5. The number of nitrogens with zero attached hydrogens (tertiary/aromatic N) is 3. The lowest BCUT2D eigenvalue weighted by atomic mass is 9.86. The summed E-state index contributed by atoms with van der Waals surface area (Å²) in [6, 6.07) is 13.4. The number of aromatic nitrogens is 3. The van der Waals surface area contributed by atoms with E-state index in [0.717, 1.165) is 49.3 Å². The summed E-state index contributed by atoms with van der Waals surface area (Å²) in [4.78, 5) is 26.2. The summed E-state index contributed by atoms with van der Waals surface area (Å²) in [5, 5.41) is 8.07. The molecule has 3 aromatic heterocycles. The summed E-state index contributed by atoms with van der Waals surface area (Å²) in [7, 11) is 0. The summed E-state index contributed by atoms with van der Waals surface area (Å²) < 4.78 is 3.38. The van der Waals surface area contributed by atoms with Crippen LogP contribution in [0.2, 0.25) is 5.15 Å². The Kier molecular flexibility index (Phi) is 9.57. The number of carbonyl (C=O) groups is 1. The minimum Gasteiger partial charge on any atom is -0.362 e. The van der Waals surface area contributed by atoms with Crippen LogP contribution in [0, 0.1) is 5.92 Å². The van der Waals surface area contributed by atoms with Gasteiger partial charge in [-0.15, -0.1) is 0 Å². The third-order valence-corrected chi connectivity index (χ3v) is 8.34. The predicted molar refractivity (Wildman–Crippen MR) is 163 cm³/mol. The number of carbonyl (C=O) groups excluding carboxylic acids is 1. The number of anilines is 1. The zero-order valence-electron chi connectivity index (χ0n) is 23.0. The Morgan fingerprint density at radius 2 is 2.03 bits per heavy atom. The molecule has 3 aromatic rings. The lowest BCUT2D eigenvalue weighted by Crippen LogP contribution is -2.31. The van der Waals surface area contributed by atoms with Crippen molar-refractivity contribution in [3.8, 4) is 0 Å². The fraction of sp³-hybridized carbons (Fsp3) is 0.448. The first kappa shape index (κ1) is 29.8. The first-order chi connectivity index (χ1) is 18.4. The molecule has 4 rings (SSSR count). The maximum atomic E-state index is 12.6. The van der Waals surface area contributed by atoms with Crippen molar-refractivity contribution in [2.24, 2.45) is 5.92 Å². The lowest BCUT2D eigenvalue weighted by molar-refractivity contribution is 0.0984. The van der Waals surface area contributed by atoms with Gasteiger partial charge in [0.1, 0.15) is 20.6 Å². The van der Waals surface area contributed by atoms with E-state index in [0.29, 0.717) is 21.1 Å². The van der Waals surface area contributed by atoms with Crippen molar-refractivity contribution >= 4 is 51.2 Å². The minimum atomic E-state index is -0.334. The molecule has 7 nitrogen and oxygen atoms in total. The Balaban J connectivity index is 1.48.